The van der Waals surface area contributed by atoms with Gasteiger partial charge in [-0.1, -0.05) is 20.4 Å². The molecule has 2 aliphatic rings. The van der Waals surface area contributed by atoms with E-state index in [1.165, 1.54) is 0 Å². The highest BCUT2D eigenvalue weighted by Crippen LogP contribution is 2.38. The Kier molecular flexibility index (Phi) is 8.44. The van der Waals surface area contributed by atoms with Crippen molar-refractivity contribution in [2.45, 2.75) is 57.3 Å². The van der Waals surface area contributed by atoms with Gasteiger partial charge in [-0.25, -0.2) is 9.98 Å². The molecule has 0 radical (unpaired) electrons. The van der Waals surface area contributed by atoms with Crippen LogP contribution in [0.3, 0.4) is 0 Å². The third-order valence-corrected chi connectivity index (χ3v) is 9.22. The first-order valence-electron chi connectivity index (χ1n) is 14.1. The number of aliphatic imine (C=N–C) groups is 1. The van der Waals surface area contributed by atoms with Gasteiger partial charge in [0.25, 0.3) is 5.91 Å². The SMILES string of the molecule is C=C(c1ccn(C2(CC#N)CN(C3CCN(C(=O)c4nc(C(F)(F)F)cs4)CC3)C2)c1)c1cc[nH]c1N=CC(C)CC. The van der Waals surface area contributed by atoms with Crippen LogP contribution in [0.5, 0.6) is 0 Å². The van der Waals surface area contributed by atoms with E-state index >= 15 is 0 Å². The van der Waals surface area contributed by atoms with Gasteiger partial charge in [0.1, 0.15) is 5.82 Å². The van der Waals surface area contributed by atoms with Gasteiger partial charge in [0.2, 0.25) is 0 Å². The van der Waals surface area contributed by atoms with Crippen LogP contribution in [0.2, 0.25) is 0 Å². The standard InChI is InChI=1S/C30H34F3N7OS/c1-4-20(2)15-36-26-24(5-11-35-26)21(3)22-6-14-40(16-22)29(9-10-34)18-39(19-29)23-7-12-38(13-8-23)28(41)27-37-25(17-42-27)30(31,32)33/h5-6,11,14-17,20,23,35H,3-4,7-9,12-13,18-19H2,1-2H3. The van der Waals surface area contributed by atoms with E-state index in [0.717, 1.165) is 45.7 Å². The third-order valence-electron chi connectivity index (χ3n) is 8.39. The third kappa shape index (κ3) is 5.94. The molecule has 1 amide bonds. The summed E-state index contributed by atoms with van der Waals surface area (Å²) in [7, 11) is 0. The van der Waals surface area contributed by atoms with Gasteiger partial charge in [0.15, 0.2) is 10.7 Å². The van der Waals surface area contributed by atoms with E-state index in [1.54, 1.807) is 4.90 Å². The molecule has 0 aliphatic carbocycles. The van der Waals surface area contributed by atoms with Crippen molar-refractivity contribution in [1.29, 1.82) is 5.26 Å². The van der Waals surface area contributed by atoms with Crippen molar-refractivity contribution in [2.24, 2.45) is 10.9 Å². The molecule has 12 heteroatoms. The summed E-state index contributed by atoms with van der Waals surface area (Å²) in [5.74, 6) is 0.697. The zero-order chi connectivity index (χ0) is 30.1. The van der Waals surface area contributed by atoms with Crippen LogP contribution in [0.25, 0.3) is 5.57 Å². The molecular formula is C30H34F3N7OS. The smallest absolute Gasteiger partial charge is 0.346 e. The minimum atomic E-state index is -4.56. The van der Waals surface area contributed by atoms with Gasteiger partial charge in [0.05, 0.1) is 18.0 Å². The van der Waals surface area contributed by atoms with Gasteiger partial charge in [-0.15, -0.1) is 11.3 Å². The van der Waals surface area contributed by atoms with Crippen molar-refractivity contribution in [3.8, 4) is 6.07 Å². The van der Waals surface area contributed by atoms with E-state index in [0.29, 0.717) is 51.4 Å². The Labute approximate surface area is 247 Å². The van der Waals surface area contributed by atoms with Crippen molar-refractivity contribution < 1.29 is 18.0 Å². The zero-order valence-electron chi connectivity index (χ0n) is 23.7. The predicted molar refractivity (Wildman–Crippen MR) is 157 cm³/mol. The number of aromatic nitrogens is 3. The Bertz CT molecular complexity index is 1500. The van der Waals surface area contributed by atoms with Crippen molar-refractivity contribution in [3.05, 3.63) is 64.5 Å². The van der Waals surface area contributed by atoms with Crippen molar-refractivity contribution in [3.63, 3.8) is 0 Å². The molecule has 0 bridgehead atoms. The molecule has 42 heavy (non-hydrogen) atoms. The Morgan fingerprint density at radius 2 is 2.10 bits per heavy atom. The molecule has 8 nitrogen and oxygen atoms in total. The fourth-order valence-corrected chi connectivity index (χ4v) is 6.39. The molecule has 3 aromatic heterocycles. The normalized spacial score (nSPS) is 18.6. The molecule has 2 aliphatic heterocycles. The lowest BCUT2D eigenvalue weighted by Gasteiger charge is -2.54. The highest BCUT2D eigenvalue weighted by atomic mass is 32.1. The summed E-state index contributed by atoms with van der Waals surface area (Å²) in [4.78, 5) is 28.0. The minimum absolute atomic E-state index is 0.128. The summed E-state index contributed by atoms with van der Waals surface area (Å²) in [5, 5.41) is 10.4. The maximum absolute atomic E-state index is 12.9. The lowest BCUT2D eigenvalue weighted by molar-refractivity contribution is -0.140. The van der Waals surface area contributed by atoms with Crippen LogP contribution in [0.1, 0.15) is 66.2 Å². The van der Waals surface area contributed by atoms with Crippen molar-refractivity contribution in [2.75, 3.05) is 26.2 Å². The lowest BCUT2D eigenvalue weighted by atomic mass is 9.83. The van der Waals surface area contributed by atoms with Gasteiger partial charge in [-0.2, -0.15) is 18.4 Å². The molecule has 5 heterocycles. The van der Waals surface area contributed by atoms with E-state index in [9.17, 15) is 23.2 Å². The average Bonchev–Trinajstić information content (AvgIpc) is 3.74. The van der Waals surface area contributed by atoms with Crippen LogP contribution in [0, 0.1) is 17.2 Å². The molecule has 2 saturated heterocycles. The number of aromatic amines is 1. The number of carbonyl (C=O) groups excluding carboxylic acids is 1. The van der Waals surface area contributed by atoms with E-state index in [4.69, 9.17) is 0 Å². The van der Waals surface area contributed by atoms with Gasteiger partial charge in [-0.05, 0) is 48.4 Å². The molecule has 1 unspecified atom stereocenters. The van der Waals surface area contributed by atoms with Gasteiger partial charge < -0.3 is 14.5 Å². The van der Waals surface area contributed by atoms with Crippen molar-refractivity contribution in [1.82, 2.24) is 24.3 Å². The Morgan fingerprint density at radius 1 is 1.36 bits per heavy atom. The van der Waals surface area contributed by atoms with E-state index in [-0.39, 0.29) is 16.6 Å². The Hall–Kier alpha value is -3.69. The number of nitriles is 1. The fraction of sp³-hybridized carbons (Fsp3) is 0.467. The number of carbonyl (C=O) groups is 1. The summed E-state index contributed by atoms with van der Waals surface area (Å²) in [6, 6.07) is 6.59. The Morgan fingerprint density at radius 3 is 2.74 bits per heavy atom. The predicted octanol–water partition coefficient (Wildman–Crippen LogP) is 6.33. The summed E-state index contributed by atoms with van der Waals surface area (Å²) in [6.45, 7) is 10.9. The first kappa shape index (κ1) is 29.8. The van der Waals surface area contributed by atoms with E-state index in [1.807, 2.05) is 30.7 Å². The molecule has 0 aromatic carbocycles. The zero-order valence-corrected chi connectivity index (χ0v) is 24.5. The van der Waals surface area contributed by atoms with Crippen LogP contribution in [-0.2, 0) is 11.7 Å². The number of rotatable bonds is 9. The number of amides is 1. The number of hydrogen-bond donors (Lipinski definition) is 1. The maximum Gasteiger partial charge on any atom is 0.434 e. The highest BCUT2D eigenvalue weighted by Gasteiger charge is 2.47. The topological polar surface area (TPSA) is 93.3 Å². The number of nitrogens with one attached hydrogen (secondary N) is 1. The summed E-state index contributed by atoms with van der Waals surface area (Å²) in [5.41, 5.74) is 1.37. The molecule has 3 aromatic rings. The van der Waals surface area contributed by atoms with Crippen LogP contribution >= 0.6 is 11.3 Å². The first-order chi connectivity index (χ1) is 20.0. The van der Waals surface area contributed by atoms with Gasteiger partial charge in [-0.3, -0.25) is 9.69 Å². The van der Waals surface area contributed by atoms with Gasteiger partial charge in [0, 0.05) is 68.0 Å². The summed E-state index contributed by atoms with van der Waals surface area (Å²) in [6.07, 6.45) is 6.11. The number of alkyl halides is 3. The minimum Gasteiger partial charge on any atom is -0.346 e. The molecule has 222 valence electrons. The number of hydrogen-bond acceptors (Lipinski definition) is 6. The molecule has 1 atom stereocenters. The van der Waals surface area contributed by atoms with Crippen LogP contribution in [-0.4, -0.2) is 68.7 Å². The fourth-order valence-electron chi connectivity index (χ4n) is 5.60. The number of thiazole rings is 1. The van der Waals surface area contributed by atoms with Gasteiger partial charge >= 0.3 is 6.18 Å². The van der Waals surface area contributed by atoms with Crippen LogP contribution in [0.15, 0.2) is 47.7 Å². The monoisotopic (exact) mass is 597 g/mol. The molecule has 0 saturated carbocycles. The number of piperidine rings is 1. The van der Waals surface area contributed by atoms with E-state index in [2.05, 4.69) is 57.1 Å². The maximum atomic E-state index is 12.9. The Balaban J connectivity index is 1.20. The second-order valence-corrected chi connectivity index (χ2v) is 12.1. The highest BCUT2D eigenvalue weighted by molar-refractivity contribution is 7.11. The first-order valence-corrected chi connectivity index (χ1v) is 15.0. The van der Waals surface area contributed by atoms with Crippen LogP contribution in [0.4, 0.5) is 19.0 Å². The number of halogens is 3. The molecule has 1 N–H and O–H groups in total. The molecule has 0 spiro atoms. The number of nitrogens with zero attached hydrogens (tertiary/aromatic N) is 6. The second kappa shape index (κ2) is 11.9. The molecule has 5 rings (SSSR count). The number of likely N-dealkylation sites (tertiary alicyclic amines) is 2. The number of H-pyrrole nitrogens is 1. The van der Waals surface area contributed by atoms with E-state index < -0.39 is 17.8 Å². The average molecular weight is 598 g/mol. The van der Waals surface area contributed by atoms with Crippen LogP contribution < -0.4 is 0 Å². The summed E-state index contributed by atoms with van der Waals surface area (Å²) >= 11 is 0.731. The quantitative estimate of drug-likeness (QED) is 0.292. The summed E-state index contributed by atoms with van der Waals surface area (Å²) < 4.78 is 40.8. The van der Waals surface area contributed by atoms with Crippen molar-refractivity contribution >= 4 is 34.8 Å². The largest absolute Gasteiger partial charge is 0.434 e. The molecular weight excluding hydrogens is 563 g/mol. The molecule has 2 fully saturated rings. The second-order valence-electron chi connectivity index (χ2n) is 11.2. The lowest BCUT2D eigenvalue weighted by Crippen LogP contribution is -2.66.